The molecule has 1 saturated heterocycles. The van der Waals surface area contributed by atoms with Gasteiger partial charge in [0.25, 0.3) is 0 Å². The molecule has 3 heteroatoms. The second kappa shape index (κ2) is 4.53. The van der Waals surface area contributed by atoms with Crippen LogP contribution in [0.2, 0.25) is 0 Å². The van der Waals surface area contributed by atoms with Crippen LogP contribution < -0.4 is 0 Å². The molecule has 0 aliphatic carbocycles. The molecule has 1 aliphatic rings. The minimum Gasteiger partial charge on any atom is -0.367 e. The van der Waals surface area contributed by atoms with E-state index in [0.29, 0.717) is 6.42 Å². The average Bonchev–Trinajstić information content (AvgIpc) is 2.66. The van der Waals surface area contributed by atoms with Crippen molar-refractivity contribution in [2.45, 2.75) is 38.4 Å². The van der Waals surface area contributed by atoms with Crippen LogP contribution in [0.25, 0.3) is 0 Å². The molecule has 0 aromatic carbocycles. The zero-order chi connectivity index (χ0) is 10.7. The first-order valence-electron chi connectivity index (χ1n) is 5.33. The largest absolute Gasteiger partial charge is 0.367 e. The fraction of sp³-hybridized carbons (Fsp3) is 0.500. The van der Waals surface area contributed by atoms with E-state index in [4.69, 9.17) is 4.74 Å². The lowest BCUT2D eigenvalue weighted by Crippen LogP contribution is -2.22. The van der Waals surface area contributed by atoms with Crippen molar-refractivity contribution in [3.63, 3.8) is 0 Å². The van der Waals surface area contributed by atoms with Crippen molar-refractivity contribution in [2.75, 3.05) is 0 Å². The second-order valence-electron chi connectivity index (χ2n) is 4.01. The number of hydrogen-bond acceptors (Lipinski definition) is 3. The monoisotopic (exact) mass is 205 g/mol. The summed E-state index contributed by atoms with van der Waals surface area (Å²) in [4.78, 5) is 15.7. The number of aromatic nitrogens is 1. The maximum atomic E-state index is 11.8. The first kappa shape index (κ1) is 10.3. The highest BCUT2D eigenvalue weighted by Gasteiger charge is 2.27. The van der Waals surface area contributed by atoms with E-state index in [0.717, 1.165) is 18.4 Å². The molecule has 2 unspecified atom stereocenters. The van der Waals surface area contributed by atoms with Gasteiger partial charge in [0.15, 0.2) is 5.78 Å². The molecule has 2 rings (SSSR count). The van der Waals surface area contributed by atoms with Gasteiger partial charge >= 0.3 is 0 Å². The molecule has 1 fully saturated rings. The second-order valence-corrected chi connectivity index (χ2v) is 4.01. The van der Waals surface area contributed by atoms with Crippen molar-refractivity contribution < 1.29 is 9.53 Å². The van der Waals surface area contributed by atoms with Gasteiger partial charge < -0.3 is 4.74 Å². The van der Waals surface area contributed by atoms with Gasteiger partial charge in [-0.15, -0.1) is 0 Å². The number of hydrogen-bond donors (Lipinski definition) is 0. The number of pyridine rings is 1. The Morgan fingerprint density at radius 1 is 1.47 bits per heavy atom. The van der Waals surface area contributed by atoms with Crippen molar-refractivity contribution >= 4 is 5.78 Å². The van der Waals surface area contributed by atoms with Crippen LogP contribution in [-0.2, 0) is 16.0 Å². The maximum absolute atomic E-state index is 11.8. The summed E-state index contributed by atoms with van der Waals surface area (Å²) >= 11 is 0. The van der Waals surface area contributed by atoms with Gasteiger partial charge in [0.1, 0.15) is 6.10 Å². The normalized spacial score (nSPS) is 25.4. The zero-order valence-electron chi connectivity index (χ0n) is 8.85. The summed E-state index contributed by atoms with van der Waals surface area (Å²) in [6.45, 7) is 2.01. The molecule has 80 valence electrons. The third-order valence-electron chi connectivity index (χ3n) is 2.72. The number of Topliss-reactive ketones (excluding diaryl/α,β-unsaturated/α-hetero) is 1. The summed E-state index contributed by atoms with van der Waals surface area (Å²) in [6, 6.07) is 3.74. The minimum absolute atomic E-state index is 0.186. The lowest BCUT2D eigenvalue weighted by Gasteiger charge is -2.09. The predicted molar refractivity (Wildman–Crippen MR) is 56.5 cm³/mol. The molecule has 15 heavy (non-hydrogen) atoms. The van der Waals surface area contributed by atoms with Crippen LogP contribution in [0.4, 0.5) is 0 Å². The van der Waals surface area contributed by atoms with Crippen LogP contribution in [0.1, 0.15) is 25.3 Å². The molecule has 0 N–H and O–H groups in total. The number of carbonyl (C=O) groups excluding carboxylic acids is 1. The Labute approximate surface area is 89.5 Å². The molecule has 0 bridgehead atoms. The summed E-state index contributed by atoms with van der Waals surface area (Å²) in [5.74, 6) is 0.186. The summed E-state index contributed by atoms with van der Waals surface area (Å²) < 4.78 is 5.53. The van der Waals surface area contributed by atoms with Gasteiger partial charge in [0.05, 0.1) is 6.10 Å². The summed E-state index contributed by atoms with van der Waals surface area (Å²) in [7, 11) is 0. The first-order chi connectivity index (χ1) is 7.25. The smallest absolute Gasteiger partial charge is 0.165 e. The van der Waals surface area contributed by atoms with Gasteiger partial charge in [-0.05, 0) is 37.5 Å². The summed E-state index contributed by atoms with van der Waals surface area (Å²) in [5, 5.41) is 0. The van der Waals surface area contributed by atoms with Crippen molar-refractivity contribution in [1.82, 2.24) is 4.98 Å². The molecule has 0 radical (unpaired) electrons. The van der Waals surface area contributed by atoms with E-state index in [1.807, 2.05) is 19.1 Å². The summed E-state index contributed by atoms with van der Waals surface area (Å²) in [6.07, 6.45) is 5.78. The summed E-state index contributed by atoms with van der Waals surface area (Å²) in [5.41, 5.74) is 1.01. The van der Waals surface area contributed by atoms with Crippen molar-refractivity contribution in [1.29, 1.82) is 0 Å². The molecule has 2 heterocycles. The molecule has 3 nitrogen and oxygen atoms in total. The standard InChI is InChI=1S/C12H15NO2/c1-9-2-3-12(15-9)11(14)8-10-4-6-13-7-5-10/h4-7,9,12H,2-3,8H2,1H3. The zero-order valence-corrected chi connectivity index (χ0v) is 8.85. The fourth-order valence-corrected chi connectivity index (χ4v) is 1.86. The van der Waals surface area contributed by atoms with E-state index in [2.05, 4.69) is 4.98 Å². The molecular formula is C12H15NO2. The van der Waals surface area contributed by atoms with Crippen LogP contribution in [0.15, 0.2) is 24.5 Å². The number of ether oxygens (including phenoxy) is 1. The fourth-order valence-electron chi connectivity index (χ4n) is 1.86. The van der Waals surface area contributed by atoms with Crippen molar-refractivity contribution in [2.24, 2.45) is 0 Å². The van der Waals surface area contributed by atoms with E-state index in [9.17, 15) is 4.79 Å². The lowest BCUT2D eigenvalue weighted by molar-refractivity contribution is -0.128. The van der Waals surface area contributed by atoms with Crippen LogP contribution >= 0.6 is 0 Å². The molecule has 0 amide bonds. The molecule has 1 aromatic heterocycles. The van der Waals surface area contributed by atoms with Crippen LogP contribution in [0.5, 0.6) is 0 Å². The van der Waals surface area contributed by atoms with Gasteiger partial charge in [0.2, 0.25) is 0 Å². The molecule has 0 spiro atoms. The molecule has 0 saturated carbocycles. The average molecular weight is 205 g/mol. The van der Waals surface area contributed by atoms with E-state index >= 15 is 0 Å². The topological polar surface area (TPSA) is 39.2 Å². The van der Waals surface area contributed by atoms with Gasteiger partial charge in [-0.25, -0.2) is 0 Å². The molecule has 1 aromatic rings. The van der Waals surface area contributed by atoms with E-state index < -0.39 is 0 Å². The first-order valence-corrected chi connectivity index (χ1v) is 5.33. The Bertz CT molecular complexity index is 337. The Morgan fingerprint density at radius 2 is 2.20 bits per heavy atom. The van der Waals surface area contributed by atoms with E-state index in [1.165, 1.54) is 0 Å². The third kappa shape index (κ3) is 2.63. The molecule has 1 aliphatic heterocycles. The maximum Gasteiger partial charge on any atom is 0.165 e. The molecular weight excluding hydrogens is 190 g/mol. The SMILES string of the molecule is CC1CCC(C(=O)Cc2ccncc2)O1. The van der Waals surface area contributed by atoms with Crippen LogP contribution in [0.3, 0.4) is 0 Å². The highest BCUT2D eigenvalue weighted by molar-refractivity contribution is 5.85. The van der Waals surface area contributed by atoms with E-state index in [1.54, 1.807) is 12.4 Å². The Kier molecular flexibility index (Phi) is 3.11. The number of rotatable bonds is 3. The number of nitrogens with zero attached hydrogens (tertiary/aromatic N) is 1. The Hall–Kier alpha value is -1.22. The predicted octanol–water partition coefficient (Wildman–Crippen LogP) is 1.76. The van der Waals surface area contributed by atoms with Gasteiger partial charge in [0, 0.05) is 18.8 Å². The van der Waals surface area contributed by atoms with E-state index in [-0.39, 0.29) is 18.0 Å². The van der Waals surface area contributed by atoms with Gasteiger partial charge in [-0.2, -0.15) is 0 Å². The minimum atomic E-state index is -0.187. The van der Waals surface area contributed by atoms with Crippen LogP contribution in [-0.4, -0.2) is 23.0 Å². The molecule has 2 atom stereocenters. The van der Waals surface area contributed by atoms with Crippen molar-refractivity contribution in [3.8, 4) is 0 Å². The van der Waals surface area contributed by atoms with Gasteiger partial charge in [-0.3, -0.25) is 9.78 Å². The van der Waals surface area contributed by atoms with Crippen molar-refractivity contribution in [3.05, 3.63) is 30.1 Å². The number of carbonyl (C=O) groups is 1. The Balaban J connectivity index is 1.93. The van der Waals surface area contributed by atoms with Crippen LogP contribution in [0, 0.1) is 0 Å². The van der Waals surface area contributed by atoms with Gasteiger partial charge in [-0.1, -0.05) is 0 Å². The number of ketones is 1. The quantitative estimate of drug-likeness (QED) is 0.754. The highest BCUT2D eigenvalue weighted by atomic mass is 16.5. The third-order valence-corrected chi connectivity index (χ3v) is 2.72. The Morgan fingerprint density at radius 3 is 2.80 bits per heavy atom. The lowest BCUT2D eigenvalue weighted by atomic mass is 10.0. The highest BCUT2D eigenvalue weighted by Crippen LogP contribution is 2.20.